The fraction of sp³-hybridized carbons (Fsp3) is 0.407. The molecule has 0 saturated heterocycles. The number of aromatic nitrogens is 2. The minimum absolute atomic E-state index is 0.0439. The number of thiophene rings is 1. The molecule has 10 heteroatoms. The summed E-state index contributed by atoms with van der Waals surface area (Å²) in [6.45, 7) is 3.96. The van der Waals surface area contributed by atoms with Gasteiger partial charge in [-0.05, 0) is 50.5 Å². The predicted molar refractivity (Wildman–Crippen MR) is 149 cm³/mol. The highest BCUT2D eigenvalue weighted by Gasteiger charge is 2.31. The van der Waals surface area contributed by atoms with E-state index in [0.29, 0.717) is 28.9 Å². The zero-order valence-corrected chi connectivity index (χ0v) is 22.8. The number of rotatable bonds is 11. The number of aryl methyl sites for hydroxylation is 1. The van der Waals surface area contributed by atoms with Crippen LogP contribution in [0.3, 0.4) is 0 Å². The lowest BCUT2D eigenvalue weighted by atomic mass is 9.97. The van der Waals surface area contributed by atoms with E-state index >= 15 is 0 Å². The van der Waals surface area contributed by atoms with Crippen molar-refractivity contribution in [3.8, 4) is 5.88 Å². The minimum atomic E-state index is -0.631. The number of pyridine rings is 2. The molecule has 0 radical (unpaired) electrons. The van der Waals surface area contributed by atoms with Crippen LogP contribution in [0.15, 0.2) is 42.7 Å². The number of hydrogen-bond donors (Lipinski definition) is 2. The van der Waals surface area contributed by atoms with Gasteiger partial charge in [-0.1, -0.05) is 37.3 Å². The van der Waals surface area contributed by atoms with E-state index in [4.69, 9.17) is 16.3 Å². The maximum atomic E-state index is 13.5. The van der Waals surface area contributed by atoms with Crippen LogP contribution in [0.1, 0.15) is 55.6 Å². The Morgan fingerprint density at radius 3 is 2.78 bits per heavy atom. The van der Waals surface area contributed by atoms with Gasteiger partial charge >= 0.3 is 0 Å². The zero-order chi connectivity index (χ0) is 26.4. The normalized spacial score (nSPS) is 15.1. The third kappa shape index (κ3) is 6.78. The molecule has 3 heterocycles. The van der Waals surface area contributed by atoms with Crippen LogP contribution >= 0.6 is 22.9 Å². The number of carbonyl (C=O) groups is 2. The van der Waals surface area contributed by atoms with Crippen molar-refractivity contribution in [2.24, 2.45) is 5.92 Å². The van der Waals surface area contributed by atoms with Gasteiger partial charge in [-0.2, -0.15) is 0 Å². The number of ether oxygens (including phenoxy) is 1. The summed E-state index contributed by atoms with van der Waals surface area (Å²) in [5.74, 6) is 0.587. The van der Waals surface area contributed by atoms with E-state index in [0.717, 1.165) is 53.4 Å². The van der Waals surface area contributed by atoms with Gasteiger partial charge in [0.2, 0.25) is 18.2 Å². The maximum Gasteiger partial charge on any atom is 0.247 e. The van der Waals surface area contributed by atoms with Gasteiger partial charge in [0.25, 0.3) is 0 Å². The molecule has 2 amide bonds. The van der Waals surface area contributed by atoms with Crippen molar-refractivity contribution in [2.75, 3.05) is 22.6 Å². The molecule has 1 aliphatic rings. The van der Waals surface area contributed by atoms with Crippen molar-refractivity contribution < 1.29 is 14.3 Å². The molecule has 0 unspecified atom stereocenters. The fourth-order valence-corrected chi connectivity index (χ4v) is 5.87. The highest BCUT2D eigenvalue weighted by molar-refractivity contribution is 7.16. The number of amides is 2. The Bertz CT molecular complexity index is 1230. The van der Waals surface area contributed by atoms with E-state index in [1.807, 2.05) is 32.0 Å². The van der Waals surface area contributed by atoms with Gasteiger partial charge in [0.05, 0.1) is 34.6 Å². The molecule has 0 aromatic carbocycles. The number of methoxy groups -OCH3 is 1. The summed E-state index contributed by atoms with van der Waals surface area (Å²) in [5, 5.41) is 7.70. The Morgan fingerprint density at radius 1 is 1.27 bits per heavy atom. The van der Waals surface area contributed by atoms with Gasteiger partial charge in [-0.15, -0.1) is 11.3 Å². The third-order valence-electron chi connectivity index (χ3n) is 6.71. The SMILES string of the molecule is COc1cc(NC(=O)[C@H](CC2CCCC2)N(C=O)c2ccc([C@H](C)Nc3cc(Cl)cnc3C)s2)ccn1. The van der Waals surface area contributed by atoms with E-state index in [9.17, 15) is 9.59 Å². The van der Waals surface area contributed by atoms with E-state index in [1.165, 1.54) is 18.4 Å². The Morgan fingerprint density at radius 2 is 2.05 bits per heavy atom. The second-order valence-electron chi connectivity index (χ2n) is 9.32. The van der Waals surface area contributed by atoms with Crippen LogP contribution in [0, 0.1) is 12.8 Å². The van der Waals surface area contributed by atoms with E-state index in [1.54, 1.807) is 29.4 Å². The molecular weight excluding hydrogens is 510 g/mol. The molecule has 1 saturated carbocycles. The maximum absolute atomic E-state index is 13.5. The number of carbonyl (C=O) groups excluding carboxylic acids is 2. The number of nitrogens with zero attached hydrogens (tertiary/aromatic N) is 3. The number of halogens is 1. The van der Waals surface area contributed by atoms with Gasteiger partial charge < -0.3 is 15.4 Å². The first-order valence-electron chi connectivity index (χ1n) is 12.4. The highest BCUT2D eigenvalue weighted by Crippen LogP contribution is 2.36. The van der Waals surface area contributed by atoms with E-state index in [2.05, 4.69) is 20.6 Å². The molecule has 1 aliphatic carbocycles. The topological polar surface area (TPSA) is 96.5 Å². The van der Waals surface area contributed by atoms with Crippen LogP contribution < -0.4 is 20.3 Å². The van der Waals surface area contributed by atoms with Crippen LogP contribution in [0.5, 0.6) is 5.88 Å². The number of hydrogen-bond acceptors (Lipinski definition) is 7. The molecule has 196 valence electrons. The summed E-state index contributed by atoms with van der Waals surface area (Å²) in [7, 11) is 1.53. The molecule has 0 spiro atoms. The van der Waals surface area contributed by atoms with Gasteiger partial charge in [0.15, 0.2) is 0 Å². The van der Waals surface area contributed by atoms with Crippen molar-refractivity contribution in [1.29, 1.82) is 0 Å². The van der Waals surface area contributed by atoms with Crippen molar-refractivity contribution >= 4 is 51.6 Å². The van der Waals surface area contributed by atoms with Crippen molar-refractivity contribution in [2.45, 2.75) is 58.0 Å². The smallest absolute Gasteiger partial charge is 0.247 e. The van der Waals surface area contributed by atoms with Crippen molar-refractivity contribution in [3.05, 3.63) is 58.3 Å². The zero-order valence-electron chi connectivity index (χ0n) is 21.2. The second kappa shape index (κ2) is 12.4. The second-order valence-corrected chi connectivity index (χ2v) is 10.8. The average molecular weight is 542 g/mol. The van der Waals surface area contributed by atoms with Crippen LogP contribution in [-0.4, -0.2) is 35.4 Å². The molecule has 4 rings (SSSR count). The van der Waals surface area contributed by atoms with Crippen LogP contribution in [0.25, 0.3) is 0 Å². The predicted octanol–water partition coefficient (Wildman–Crippen LogP) is 6.23. The molecule has 2 atom stereocenters. The van der Waals surface area contributed by atoms with Crippen LogP contribution in [0.4, 0.5) is 16.4 Å². The van der Waals surface area contributed by atoms with Gasteiger partial charge in [-0.3, -0.25) is 19.5 Å². The Hall–Kier alpha value is -3.17. The van der Waals surface area contributed by atoms with E-state index in [-0.39, 0.29) is 11.9 Å². The summed E-state index contributed by atoms with van der Waals surface area (Å²) in [5.41, 5.74) is 2.28. The Kier molecular flexibility index (Phi) is 9.00. The highest BCUT2D eigenvalue weighted by atomic mass is 35.5. The average Bonchev–Trinajstić information content (AvgIpc) is 3.59. The molecule has 0 aliphatic heterocycles. The first-order valence-corrected chi connectivity index (χ1v) is 13.6. The lowest BCUT2D eigenvalue weighted by molar-refractivity contribution is -0.119. The first kappa shape index (κ1) is 26.9. The standard InChI is InChI=1S/C27H32ClN5O3S/c1-17-22(13-20(28)15-30-17)31-18(2)24-8-9-26(37-24)33(16-34)23(12-19-6-4-5-7-19)27(35)32-21-10-11-29-25(14-21)36-3/h8-11,13-16,18-19,23,31H,4-7,12H2,1-3H3,(H,29,32,35)/t18-,23-/m0/s1. The quantitative estimate of drug-likeness (QED) is 0.279. The lowest BCUT2D eigenvalue weighted by Gasteiger charge is -2.28. The molecule has 1 fully saturated rings. The molecule has 3 aromatic rings. The summed E-state index contributed by atoms with van der Waals surface area (Å²) in [6.07, 6.45) is 9.04. The third-order valence-corrected chi connectivity index (χ3v) is 8.20. The summed E-state index contributed by atoms with van der Waals surface area (Å²) >= 11 is 7.61. The molecular formula is C27H32ClN5O3S. The molecule has 8 nitrogen and oxygen atoms in total. The van der Waals surface area contributed by atoms with Gasteiger partial charge in [0, 0.05) is 29.0 Å². The van der Waals surface area contributed by atoms with Gasteiger partial charge in [0.1, 0.15) is 6.04 Å². The summed E-state index contributed by atoms with van der Waals surface area (Å²) < 4.78 is 5.18. The summed E-state index contributed by atoms with van der Waals surface area (Å²) in [6, 6.07) is 8.44. The number of anilines is 3. The van der Waals surface area contributed by atoms with Crippen LogP contribution in [-0.2, 0) is 9.59 Å². The van der Waals surface area contributed by atoms with Gasteiger partial charge in [-0.25, -0.2) is 4.98 Å². The Balaban J connectivity index is 1.55. The number of nitrogens with one attached hydrogen (secondary N) is 2. The Labute approximate surface area is 226 Å². The summed E-state index contributed by atoms with van der Waals surface area (Å²) in [4.78, 5) is 36.9. The van der Waals surface area contributed by atoms with Crippen molar-refractivity contribution in [3.63, 3.8) is 0 Å². The molecule has 3 aromatic heterocycles. The van der Waals surface area contributed by atoms with Crippen LogP contribution in [0.2, 0.25) is 5.02 Å². The van der Waals surface area contributed by atoms with E-state index < -0.39 is 6.04 Å². The molecule has 37 heavy (non-hydrogen) atoms. The fourth-order valence-electron chi connectivity index (χ4n) is 4.68. The largest absolute Gasteiger partial charge is 0.481 e. The van der Waals surface area contributed by atoms with Crippen molar-refractivity contribution in [1.82, 2.24) is 9.97 Å². The first-order chi connectivity index (χ1) is 17.9. The molecule has 0 bridgehead atoms. The minimum Gasteiger partial charge on any atom is -0.481 e. The monoisotopic (exact) mass is 541 g/mol. The lowest BCUT2D eigenvalue weighted by Crippen LogP contribution is -2.44. The molecule has 2 N–H and O–H groups in total.